The van der Waals surface area contributed by atoms with Crippen molar-refractivity contribution in [3.63, 3.8) is 0 Å². The highest BCUT2D eigenvalue weighted by Gasteiger charge is 2.43. The molecule has 0 aromatic heterocycles. The summed E-state index contributed by atoms with van der Waals surface area (Å²) in [5.41, 5.74) is 2.21. The molecule has 4 nitrogen and oxygen atoms in total. The first-order valence-electron chi connectivity index (χ1n) is 8.99. The maximum absolute atomic E-state index is 12.5. The maximum Gasteiger partial charge on any atom is 0.243 e. The van der Waals surface area contributed by atoms with Crippen LogP contribution in [0.3, 0.4) is 0 Å². The highest BCUT2D eigenvalue weighted by Crippen LogP contribution is 2.31. The number of hydrogen-bond acceptors (Lipinski definition) is 3. The van der Waals surface area contributed by atoms with Gasteiger partial charge in [-0.05, 0) is 58.0 Å². The summed E-state index contributed by atoms with van der Waals surface area (Å²) in [5, 5.41) is 0. The standard InChI is InChI=1S/C19H31NO3SSi/c1-16-10-12-19(13-11-16)24(21,22)20-14-18(20)9-7-6-8-17(2)15-23-25(3,4)5/h10-13,18H,2,6-9,14-15H2,1,3-5H3/t18-,20?/m1/s1. The van der Waals surface area contributed by atoms with Crippen LogP contribution in [0.1, 0.15) is 31.2 Å². The molecule has 6 heteroatoms. The molecule has 140 valence electrons. The molecule has 2 atom stereocenters. The van der Waals surface area contributed by atoms with Gasteiger partial charge in [-0.3, -0.25) is 0 Å². The molecule has 0 saturated carbocycles. The van der Waals surface area contributed by atoms with Crippen molar-refractivity contribution < 1.29 is 12.8 Å². The minimum absolute atomic E-state index is 0.165. The zero-order chi connectivity index (χ0) is 18.7. The third kappa shape index (κ3) is 6.37. The summed E-state index contributed by atoms with van der Waals surface area (Å²) in [5.74, 6) is 0. The molecule has 0 amide bonds. The van der Waals surface area contributed by atoms with E-state index in [-0.39, 0.29) is 6.04 Å². The lowest BCUT2D eigenvalue weighted by molar-refractivity contribution is 0.341. The van der Waals surface area contributed by atoms with Crippen LogP contribution in [0.5, 0.6) is 0 Å². The van der Waals surface area contributed by atoms with Gasteiger partial charge in [0.1, 0.15) is 0 Å². The van der Waals surface area contributed by atoms with Crippen LogP contribution in [0.15, 0.2) is 41.3 Å². The first-order chi connectivity index (χ1) is 11.6. The topological polar surface area (TPSA) is 46.4 Å². The Hall–Kier alpha value is -0.953. The molecule has 1 aliphatic heterocycles. The first-order valence-corrected chi connectivity index (χ1v) is 13.8. The lowest BCUT2D eigenvalue weighted by Crippen LogP contribution is -2.26. The molecule has 1 aliphatic rings. The largest absolute Gasteiger partial charge is 0.414 e. The van der Waals surface area contributed by atoms with Crippen molar-refractivity contribution >= 4 is 18.3 Å². The molecule has 2 rings (SSSR count). The molecule has 1 aromatic carbocycles. The van der Waals surface area contributed by atoms with E-state index in [4.69, 9.17) is 4.43 Å². The van der Waals surface area contributed by atoms with E-state index >= 15 is 0 Å². The van der Waals surface area contributed by atoms with Crippen LogP contribution >= 0.6 is 0 Å². The fourth-order valence-corrected chi connectivity index (χ4v) is 4.94. The monoisotopic (exact) mass is 381 g/mol. The predicted molar refractivity (Wildman–Crippen MR) is 106 cm³/mol. The van der Waals surface area contributed by atoms with Gasteiger partial charge in [0.15, 0.2) is 8.32 Å². The molecule has 1 unspecified atom stereocenters. The highest BCUT2D eigenvalue weighted by molar-refractivity contribution is 7.89. The summed E-state index contributed by atoms with van der Waals surface area (Å²) >= 11 is 0. The SMILES string of the molecule is C=C(CCCC[C@@H]1CN1S(=O)(=O)c1ccc(C)cc1)CO[Si](C)(C)C. The molecule has 0 radical (unpaired) electrons. The zero-order valence-corrected chi connectivity index (χ0v) is 17.7. The van der Waals surface area contributed by atoms with Crippen LogP contribution in [0, 0.1) is 6.92 Å². The van der Waals surface area contributed by atoms with E-state index in [0.29, 0.717) is 18.0 Å². The van der Waals surface area contributed by atoms with Crippen LogP contribution < -0.4 is 0 Å². The van der Waals surface area contributed by atoms with Crippen molar-refractivity contribution in [2.75, 3.05) is 13.2 Å². The third-order valence-corrected chi connectivity index (χ3v) is 7.26. The number of nitrogens with zero attached hydrogens (tertiary/aromatic N) is 1. The van der Waals surface area contributed by atoms with Gasteiger partial charge < -0.3 is 4.43 Å². The quantitative estimate of drug-likeness (QED) is 0.262. The van der Waals surface area contributed by atoms with E-state index < -0.39 is 18.3 Å². The van der Waals surface area contributed by atoms with Crippen LogP contribution in [0.4, 0.5) is 0 Å². The second kappa shape index (κ2) is 8.16. The second-order valence-electron chi connectivity index (χ2n) is 7.94. The molecule has 0 spiro atoms. The van der Waals surface area contributed by atoms with E-state index in [1.807, 2.05) is 19.1 Å². The van der Waals surface area contributed by atoms with Crippen molar-refractivity contribution in [1.82, 2.24) is 4.31 Å². The van der Waals surface area contributed by atoms with E-state index in [1.165, 1.54) is 0 Å². The highest BCUT2D eigenvalue weighted by atomic mass is 32.2. The number of unbranched alkanes of at least 4 members (excludes halogenated alkanes) is 1. The average Bonchev–Trinajstić information content (AvgIpc) is 3.30. The summed E-state index contributed by atoms with van der Waals surface area (Å²) in [7, 11) is -4.79. The predicted octanol–water partition coefficient (Wildman–Crippen LogP) is 4.34. The zero-order valence-electron chi connectivity index (χ0n) is 15.9. The van der Waals surface area contributed by atoms with Gasteiger partial charge in [-0.2, -0.15) is 4.31 Å². The van der Waals surface area contributed by atoms with Crippen molar-refractivity contribution in [3.8, 4) is 0 Å². The van der Waals surface area contributed by atoms with Gasteiger partial charge in [-0.25, -0.2) is 8.42 Å². The van der Waals surface area contributed by atoms with Crippen LogP contribution in [-0.4, -0.2) is 40.2 Å². The molecule has 0 bridgehead atoms. The fourth-order valence-electron chi connectivity index (χ4n) is 2.68. The molecule has 0 aliphatic carbocycles. The average molecular weight is 382 g/mol. The minimum atomic E-state index is -3.31. The van der Waals surface area contributed by atoms with Crippen molar-refractivity contribution in [2.24, 2.45) is 0 Å². The van der Waals surface area contributed by atoms with E-state index in [9.17, 15) is 8.42 Å². The summed E-state index contributed by atoms with van der Waals surface area (Å²) in [6.45, 7) is 13.9. The third-order valence-electron chi connectivity index (χ3n) is 4.32. The molecule has 0 N–H and O–H groups in total. The lowest BCUT2D eigenvalue weighted by atomic mass is 10.1. The molecule has 1 saturated heterocycles. The van der Waals surface area contributed by atoms with E-state index in [2.05, 4.69) is 26.2 Å². The van der Waals surface area contributed by atoms with Gasteiger partial charge >= 0.3 is 0 Å². The van der Waals surface area contributed by atoms with Gasteiger partial charge in [0.2, 0.25) is 10.0 Å². The maximum atomic E-state index is 12.5. The molecule has 25 heavy (non-hydrogen) atoms. The summed E-state index contributed by atoms with van der Waals surface area (Å²) < 4.78 is 32.5. The fraction of sp³-hybridized carbons (Fsp3) is 0.579. The summed E-state index contributed by atoms with van der Waals surface area (Å²) in [6, 6.07) is 7.25. The Morgan fingerprint density at radius 2 is 1.88 bits per heavy atom. The number of benzene rings is 1. The van der Waals surface area contributed by atoms with E-state index in [0.717, 1.165) is 36.8 Å². The van der Waals surface area contributed by atoms with Crippen molar-refractivity contribution in [3.05, 3.63) is 42.0 Å². The Morgan fingerprint density at radius 1 is 1.24 bits per heavy atom. The Bertz CT molecular complexity index is 692. The Kier molecular flexibility index (Phi) is 6.65. The molecule has 1 heterocycles. The van der Waals surface area contributed by atoms with Gasteiger partial charge in [0.05, 0.1) is 11.5 Å². The number of rotatable bonds is 10. The second-order valence-corrected chi connectivity index (χ2v) is 14.3. The van der Waals surface area contributed by atoms with Crippen molar-refractivity contribution in [2.45, 2.75) is 63.2 Å². The van der Waals surface area contributed by atoms with Crippen LogP contribution in [-0.2, 0) is 14.4 Å². The van der Waals surface area contributed by atoms with Crippen LogP contribution in [0.2, 0.25) is 19.6 Å². The van der Waals surface area contributed by atoms with Gasteiger partial charge in [0, 0.05) is 12.6 Å². The Labute approximate surface area is 154 Å². The normalized spacial score (nSPS) is 20.5. The number of sulfonamides is 1. The summed E-state index contributed by atoms with van der Waals surface area (Å²) in [6.07, 6.45) is 3.95. The van der Waals surface area contributed by atoms with E-state index in [1.54, 1.807) is 16.4 Å². The number of hydrogen-bond donors (Lipinski definition) is 0. The molecular weight excluding hydrogens is 350 g/mol. The van der Waals surface area contributed by atoms with Gasteiger partial charge in [-0.15, -0.1) is 0 Å². The van der Waals surface area contributed by atoms with Crippen LogP contribution in [0.25, 0.3) is 0 Å². The molecular formula is C19H31NO3SSi. The summed E-state index contributed by atoms with van der Waals surface area (Å²) in [4.78, 5) is 0.400. The number of aryl methyl sites for hydroxylation is 1. The van der Waals surface area contributed by atoms with Gasteiger partial charge in [0.25, 0.3) is 0 Å². The Morgan fingerprint density at radius 3 is 2.48 bits per heavy atom. The lowest BCUT2D eigenvalue weighted by Gasteiger charge is -2.18. The Balaban J connectivity index is 1.69. The smallest absolute Gasteiger partial charge is 0.243 e. The molecule has 1 aromatic rings. The first kappa shape index (κ1) is 20.4. The minimum Gasteiger partial charge on any atom is -0.414 e. The van der Waals surface area contributed by atoms with Crippen molar-refractivity contribution in [1.29, 1.82) is 0 Å². The van der Waals surface area contributed by atoms with Gasteiger partial charge in [-0.1, -0.05) is 36.3 Å². The molecule has 1 fully saturated rings.